The van der Waals surface area contributed by atoms with Gasteiger partial charge in [0, 0.05) is 6.07 Å². The van der Waals surface area contributed by atoms with E-state index in [1.807, 2.05) is 30.3 Å². The number of nitrogens with one attached hydrogen (secondary N) is 1. The molecule has 1 unspecified atom stereocenters. The Hall–Kier alpha value is -2.81. The predicted molar refractivity (Wildman–Crippen MR) is 89.5 cm³/mol. The number of carbonyl (C=O) groups excluding carboxylic acids is 1. The summed E-state index contributed by atoms with van der Waals surface area (Å²) in [6, 6.07) is 12.1. The number of thioether (sulfide) groups is 1. The molecule has 1 atom stereocenters. The molecule has 0 aliphatic carbocycles. The first kappa shape index (κ1) is 17.0. The van der Waals surface area contributed by atoms with Crippen LogP contribution in [0.4, 0.5) is 14.5 Å². The number of hydrogen-bond acceptors (Lipinski definition) is 5. The van der Waals surface area contributed by atoms with Crippen LogP contribution < -0.4 is 5.32 Å². The zero-order chi connectivity index (χ0) is 17.8. The van der Waals surface area contributed by atoms with Gasteiger partial charge in [-0.1, -0.05) is 30.0 Å². The number of benzene rings is 2. The standard InChI is InChI=1S/C16H13F2N5OS/c1-10(15(24)19-14-9-11(17)7-8-13(14)18)25-16-20-21-22-23(16)12-5-3-2-4-6-12/h2-10H,1H3,(H,19,24). The third-order valence-electron chi connectivity index (χ3n) is 3.28. The van der Waals surface area contributed by atoms with Crippen LogP contribution >= 0.6 is 11.8 Å². The van der Waals surface area contributed by atoms with Crippen molar-refractivity contribution >= 4 is 23.4 Å². The third kappa shape index (κ3) is 4.00. The molecule has 1 amide bonds. The number of halogens is 2. The Labute approximate surface area is 146 Å². The Morgan fingerprint density at radius 2 is 1.96 bits per heavy atom. The number of aromatic nitrogens is 4. The van der Waals surface area contributed by atoms with Crippen molar-refractivity contribution in [1.29, 1.82) is 0 Å². The largest absolute Gasteiger partial charge is 0.323 e. The van der Waals surface area contributed by atoms with Gasteiger partial charge in [0.1, 0.15) is 11.6 Å². The third-order valence-corrected chi connectivity index (χ3v) is 4.31. The number of carbonyl (C=O) groups is 1. The fourth-order valence-electron chi connectivity index (χ4n) is 2.02. The van der Waals surface area contributed by atoms with Crippen LogP contribution in [0, 0.1) is 11.6 Å². The van der Waals surface area contributed by atoms with Crippen LogP contribution in [0.5, 0.6) is 0 Å². The lowest BCUT2D eigenvalue weighted by atomic mass is 10.3. The lowest BCUT2D eigenvalue weighted by molar-refractivity contribution is -0.115. The highest BCUT2D eigenvalue weighted by atomic mass is 32.2. The van der Waals surface area contributed by atoms with E-state index in [2.05, 4.69) is 20.8 Å². The van der Waals surface area contributed by atoms with Crippen molar-refractivity contribution in [3.63, 3.8) is 0 Å². The SMILES string of the molecule is CC(Sc1nnnn1-c1ccccc1)C(=O)Nc1cc(F)ccc1F. The molecule has 1 heterocycles. The van der Waals surface area contributed by atoms with E-state index in [0.717, 1.165) is 35.6 Å². The summed E-state index contributed by atoms with van der Waals surface area (Å²) in [6.45, 7) is 1.63. The summed E-state index contributed by atoms with van der Waals surface area (Å²) >= 11 is 1.11. The van der Waals surface area contributed by atoms with Gasteiger partial charge >= 0.3 is 0 Å². The molecule has 0 saturated carbocycles. The van der Waals surface area contributed by atoms with Crippen molar-refractivity contribution in [3.8, 4) is 5.69 Å². The highest BCUT2D eigenvalue weighted by Gasteiger charge is 2.20. The van der Waals surface area contributed by atoms with Gasteiger partial charge in [-0.15, -0.1) is 5.10 Å². The molecule has 0 spiro atoms. The van der Waals surface area contributed by atoms with Gasteiger partial charge in [0.05, 0.1) is 16.6 Å². The van der Waals surface area contributed by atoms with Crippen LogP contribution in [-0.2, 0) is 4.79 Å². The molecule has 3 rings (SSSR count). The number of anilines is 1. The van der Waals surface area contributed by atoms with E-state index in [-0.39, 0.29) is 5.69 Å². The Morgan fingerprint density at radius 1 is 1.20 bits per heavy atom. The van der Waals surface area contributed by atoms with Crippen molar-refractivity contribution in [2.24, 2.45) is 0 Å². The predicted octanol–water partition coefficient (Wildman–Crippen LogP) is 3.06. The smallest absolute Gasteiger partial charge is 0.237 e. The number of para-hydroxylation sites is 1. The van der Waals surface area contributed by atoms with E-state index in [1.165, 1.54) is 4.68 Å². The number of nitrogens with zero attached hydrogens (tertiary/aromatic N) is 4. The first-order chi connectivity index (χ1) is 12.0. The van der Waals surface area contributed by atoms with Crippen molar-refractivity contribution < 1.29 is 13.6 Å². The summed E-state index contributed by atoms with van der Waals surface area (Å²) in [6.07, 6.45) is 0. The van der Waals surface area contributed by atoms with Gasteiger partial charge in [-0.25, -0.2) is 8.78 Å². The minimum Gasteiger partial charge on any atom is -0.323 e. The molecule has 0 aliphatic rings. The fourth-order valence-corrected chi connectivity index (χ4v) is 2.83. The molecule has 0 saturated heterocycles. The zero-order valence-corrected chi connectivity index (χ0v) is 13.9. The number of amides is 1. The van der Waals surface area contributed by atoms with Crippen molar-refractivity contribution in [1.82, 2.24) is 20.2 Å². The van der Waals surface area contributed by atoms with Gasteiger partial charge < -0.3 is 5.32 Å². The minimum absolute atomic E-state index is 0.208. The second-order valence-corrected chi connectivity index (χ2v) is 6.39. The average Bonchev–Trinajstić information content (AvgIpc) is 3.07. The van der Waals surface area contributed by atoms with Crippen molar-refractivity contribution in [2.45, 2.75) is 17.3 Å². The molecule has 128 valence electrons. The van der Waals surface area contributed by atoms with E-state index < -0.39 is 22.8 Å². The van der Waals surface area contributed by atoms with Crippen LogP contribution in [0.15, 0.2) is 53.7 Å². The summed E-state index contributed by atoms with van der Waals surface area (Å²) in [5.41, 5.74) is 0.541. The first-order valence-corrected chi connectivity index (χ1v) is 8.19. The Morgan fingerprint density at radius 3 is 2.72 bits per heavy atom. The van der Waals surface area contributed by atoms with Crippen LogP contribution in [0.25, 0.3) is 5.69 Å². The van der Waals surface area contributed by atoms with Gasteiger partial charge in [0.25, 0.3) is 0 Å². The quantitative estimate of drug-likeness (QED) is 0.707. The highest BCUT2D eigenvalue weighted by Crippen LogP contribution is 2.24. The Kier molecular flexibility index (Phi) is 5.03. The minimum atomic E-state index is -0.707. The molecular formula is C16H13F2N5OS. The van der Waals surface area contributed by atoms with Crippen LogP contribution in [-0.4, -0.2) is 31.4 Å². The van der Waals surface area contributed by atoms with Gasteiger partial charge in [-0.3, -0.25) is 4.79 Å². The first-order valence-electron chi connectivity index (χ1n) is 7.31. The molecule has 3 aromatic rings. The van der Waals surface area contributed by atoms with Crippen LogP contribution in [0.1, 0.15) is 6.92 Å². The monoisotopic (exact) mass is 361 g/mol. The summed E-state index contributed by atoms with van der Waals surface area (Å²) in [5.74, 6) is -1.83. The molecule has 9 heteroatoms. The second kappa shape index (κ2) is 7.39. The van der Waals surface area contributed by atoms with E-state index >= 15 is 0 Å². The summed E-state index contributed by atoms with van der Waals surface area (Å²) in [5, 5.41) is 13.6. The molecule has 1 N–H and O–H groups in total. The maximum absolute atomic E-state index is 13.6. The van der Waals surface area contributed by atoms with Crippen molar-refractivity contribution in [3.05, 3.63) is 60.2 Å². The van der Waals surface area contributed by atoms with E-state index in [4.69, 9.17) is 0 Å². The van der Waals surface area contributed by atoms with Crippen molar-refractivity contribution in [2.75, 3.05) is 5.32 Å². The van der Waals surface area contributed by atoms with E-state index in [9.17, 15) is 13.6 Å². The number of hydrogen-bond donors (Lipinski definition) is 1. The van der Waals surface area contributed by atoms with Gasteiger partial charge in [-0.05, 0) is 41.6 Å². The molecule has 1 aromatic heterocycles. The lowest BCUT2D eigenvalue weighted by Gasteiger charge is -2.12. The second-order valence-electron chi connectivity index (χ2n) is 5.08. The normalized spacial score (nSPS) is 12.0. The molecule has 0 fully saturated rings. The summed E-state index contributed by atoms with van der Waals surface area (Å²) < 4.78 is 28.3. The molecule has 0 bridgehead atoms. The van der Waals surface area contributed by atoms with Gasteiger partial charge in [0.2, 0.25) is 11.1 Å². The maximum atomic E-state index is 13.6. The molecule has 2 aromatic carbocycles. The van der Waals surface area contributed by atoms with Gasteiger partial charge in [-0.2, -0.15) is 4.68 Å². The Balaban J connectivity index is 1.73. The maximum Gasteiger partial charge on any atom is 0.237 e. The zero-order valence-electron chi connectivity index (χ0n) is 13.1. The van der Waals surface area contributed by atoms with E-state index in [0.29, 0.717) is 5.16 Å². The summed E-state index contributed by atoms with van der Waals surface area (Å²) in [7, 11) is 0. The summed E-state index contributed by atoms with van der Waals surface area (Å²) in [4.78, 5) is 12.3. The van der Waals surface area contributed by atoms with Crippen LogP contribution in [0.2, 0.25) is 0 Å². The molecular weight excluding hydrogens is 348 g/mol. The van der Waals surface area contributed by atoms with Crippen LogP contribution in [0.3, 0.4) is 0 Å². The molecule has 0 aliphatic heterocycles. The number of rotatable bonds is 5. The molecule has 25 heavy (non-hydrogen) atoms. The average molecular weight is 361 g/mol. The van der Waals surface area contributed by atoms with Gasteiger partial charge in [0.15, 0.2) is 0 Å². The lowest BCUT2D eigenvalue weighted by Crippen LogP contribution is -2.23. The molecule has 0 radical (unpaired) electrons. The topological polar surface area (TPSA) is 72.7 Å². The van der Waals surface area contributed by atoms with E-state index in [1.54, 1.807) is 6.92 Å². The highest BCUT2D eigenvalue weighted by molar-refractivity contribution is 8.00. The fraction of sp³-hybridized carbons (Fsp3) is 0.125. The molecule has 6 nitrogen and oxygen atoms in total. The Bertz CT molecular complexity index is 887. The number of tetrazole rings is 1.